The van der Waals surface area contributed by atoms with Gasteiger partial charge >= 0.3 is 6.95 Å². The summed E-state index contributed by atoms with van der Waals surface area (Å²) in [7, 11) is 0. The molecule has 1 aromatic carbocycles. The molecule has 0 aliphatic heterocycles. The van der Waals surface area contributed by atoms with E-state index in [1.807, 2.05) is 0 Å². The van der Waals surface area contributed by atoms with Gasteiger partial charge in [0.05, 0.1) is 0 Å². The van der Waals surface area contributed by atoms with E-state index in [0.29, 0.717) is 5.75 Å². The van der Waals surface area contributed by atoms with E-state index in [2.05, 4.69) is 10.5 Å². The first-order valence-corrected chi connectivity index (χ1v) is 5.51. The van der Waals surface area contributed by atoms with Crippen LogP contribution in [0.1, 0.15) is 0 Å². The lowest BCUT2D eigenvalue weighted by Gasteiger charge is -2.08. The van der Waals surface area contributed by atoms with Gasteiger partial charge < -0.3 is 4.52 Å². The Morgan fingerprint density at radius 3 is 2.42 bits per heavy atom. The molecule has 66 valence electrons. The quantitative estimate of drug-likeness (QED) is 0.610. The first kappa shape index (κ1) is 9.55. The summed E-state index contributed by atoms with van der Waals surface area (Å²) in [6, 6.07) is 8.39. The van der Waals surface area contributed by atoms with Crippen molar-refractivity contribution >= 4 is 18.2 Å². The molecular weight excluding hydrogens is 200 g/mol. The van der Waals surface area contributed by atoms with E-state index in [4.69, 9.17) is 15.8 Å². The van der Waals surface area contributed by atoms with Gasteiger partial charge in [-0.25, -0.2) is 15.1 Å². The van der Waals surface area contributed by atoms with Gasteiger partial charge in [-0.2, -0.15) is 0 Å². The molecule has 1 atom stereocenters. The highest BCUT2D eigenvalue weighted by atomic mass is 35.7. The van der Waals surface area contributed by atoms with Crippen molar-refractivity contribution in [1.29, 1.82) is 0 Å². The lowest BCUT2D eigenvalue weighted by atomic mass is 10.3. The standard InChI is InChI=1S/C6H7ClNO3P/c7-12(9,11-8)10-6-4-2-1-3-5-6/h1-5H,8H2. The number of benzene rings is 1. The highest BCUT2D eigenvalue weighted by Crippen LogP contribution is 2.51. The van der Waals surface area contributed by atoms with Crippen LogP contribution in [-0.4, -0.2) is 0 Å². The minimum absolute atomic E-state index is 0.348. The zero-order valence-corrected chi connectivity index (χ0v) is 7.66. The fourth-order valence-electron chi connectivity index (χ4n) is 0.629. The van der Waals surface area contributed by atoms with Gasteiger partial charge in [0.25, 0.3) is 0 Å². The smallest absolute Gasteiger partial charge is 0.412 e. The molecule has 1 unspecified atom stereocenters. The van der Waals surface area contributed by atoms with Crippen molar-refractivity contribution in [2.24, 2.45) is 5.90 Å². The molecule has 2 N–H and O–H groups in total. The summed E-state index contributed by atoms with van der Waals surface area (Å²) in [5.74, 6) is 4.98. The predicted octanol–water partition coefficient (Wildman–Crippen LogP) is 2.30. The third kappa shape index (κ3) is 2.83. The molecule has 0 radical (unpaired) electrons. The van der Waals surface area contributed by atoms with Crippen LogP contribution in [0.3, 0.4) is 0 Å². The van der Waals surface area contributed by atoms with E-state index in [0.717, 1.165) is 0 Å². The number of para-hydroxylation sites is 1. The van der Waals surface area contributed by atoms with Crippen LogP contribution in [0, 0.1) is 0 Å². The van der Waals surface area contributed by atoms with Crippen LogP contribution in [0.5, 0.6) is 5.75 Å². The molecule has 1 rings (SSSR count). The third-order valence-corrected chi connectivity index (χ3v) is 2.21. The van der Waals surface area contributed by atoms with E-state index in [-0.39, 0.29) is 0 Å². The number of hydrogen-bond acceptors (Lipinski definition) is 4. The van der Waals surface area contributed by atoms with Gasteiger partial charge in [0.1, 0.15) is 5.75 Å². The van der Waals surface area contributed by atoms with Crippen LogP contribution in [-0.2, 0) is 9.19 Å². The van der Waals surface area contributed by atoms with Crippen molar-refractivity contribution in [3.8, 4) is 5.75 Å². The second-order valence-electron chi connectivity index (χ2n) is 1.94. The van der Waals surface area contributed by atoms with Gasteiger partial charge in [-0.05, 0) is 12.1 Å². The van der Waals surface area contributed by atoms with E-state index in [9.17, 15) is 4.57 Å². The molecular formula is C6H7ClNO3P. The van der Waals surface area contributed by atoms with Gasteiger partial charge in [-0.3, -0.25) is 0 Å². The highest BCUT2D eigenvalue weighted by molar-refractivity contribution is 7.81. The molecule has 0 aromatic heterocycles. The summed E-state index contributed by atoms with van der Waals surface area (Å²) < 4.78 is 19.6. The molecule has 0 saturated heterocycles. The minimum atomic E-state index is -3.65. The Balaban J connectivity index is 2.71. The van der Waals surface area contributed by atoms with Crippen LogP contribution in [0.25, 0.3) is 0 Å². The van der Waals surface area contributed by atoms with Crippen molar-refractivity contribution in [2.75, 3.05) is 0 Å². The predicted molar refractivity (Wildman–Crippen MR) is 45.8 cm³/mol. The summed E-state index contributed by atoms with van der Waals surface area (Å²) in [5.41, 5.74) is 0. The summed E-state index contributed by atoms with van der Waals surface area (Å²) in [4.78, 5) is 0. The van der Waals surface area contributed by atoms with E-state index in [1.165, 1.54) is 0 Å². The zero-order valence-electron chi connectivity index (χ0n) is 6.01. The first-order valence-electron chi connectivity index (χ1n) is 3.07. The third-order valence-electron chi connectivity index (χ3n) is 1.08. The number of rotatable bonds is 3. The second kappa shape index (κ2) is 3.92. The van der Waals surface area contributed by atoms with Gasteiger partial charge in [0.15, 0.2) is 0 Å². The van der Waals surface area contributed by atoms with Gasteiger partial charge in [-0.1, -0.05) is 18.2 Å². The Labute approximate surface area is 74.5 Å². The molecule has 0 aliphatic carbocycles. The fourth-order valence-corrected chi connectivity index (χ4v) is 1.28. The molecule has 1 aromatic rings. The van der Waals surface area contributed by atoms with Crippen molar-refractivity contribution in [1.82, 2.24) is 0 Å². The minimum Gasteiger partial charge on any atom is -0.412 e. The maximum absolute atomic E-state index is 10.9. The van der Waals surface area contributed by atoms with E-state index < -0.39 is 6.95 Å². The Bertz CT molecular complexity index is 292. The van der Waals surface area contributed by atoms with Crippen LogP contribution < -0.4 is 10.4 Å². The van der Waals surface area contributed by atoms with E-state index in [1.54, 1.807) is 30.3 Å². The molecule has 0 saturated carbocycles. The number of hydrogen-bond donors (Lipinski definition) is 1. The fraction of sp³-hybridized carbons (Fsp3) is 0. The van der Waals surface area contributed by atoms with Crippen molar-refractivity contribution in [2.45, 2.75) is 0 Å². The van der Waals surface area contributed by atoms with Crippen molar-refractivity contribution in [3.63, 3.8) is 0 Å². The van der Waals surface area contributed by atoms with Crippen LogP contribution >= 0.6 is 18.2 Å². The normalized spacial score (nSPS) is 15.2. The highest BCUT2D eigenvalue weighted by Gasteiger charge is 2.20. The summed E-state index contributed by atoms with van der Waals surface area (Å²) >= 11 is 5.24. The molecule has 6 heteroatoms. The molecule has 0 spiro atoms. The Morgan fingerprint density at radius 2 is 1.92 bits per heavy atom. The monoisotopic (exact) mass is 207 g/mol. The van der Waals surface area contributed by atoms with Gasteiger partial charge in [0.2, 0.25) is 0 Å². The average Bonchev–Trinajstić information content (AvgIpc) is 2.06. The number of nitrogens with two attached hydrogens (primary N) is 1. The second-order valence-corrected chi connectivity index (χ2v) is 4.44. The molecule has 4 nitrogen and oxygen atoms in total. The SMILES string of the molecule is NOP(=O)(Cl)Oc1ccccc1. The molecule has 0 bridgehead atoms. The maximum atomic E-state index is 10.9. The molecule has 0 aliphatic rings. The molecule has 0 fully saturated rings. The van der Waals surface area contributed by atoms with Crippen LogP contribution in [0.4, 0.5) is 0 Å². The Morgan fingerprint density at radius 1 is 1.33 bits per heavy atom. The van der Waals surface area contributed by atoms with Crippen LogP contribution in [0.15, 0.2) is 30.3 Å². The van der Waals surface area contributed by atoms with Crippen molar-refractivity contribution < 1.29 is 13.7 Å². The lowest BCUT2D eigenvalue weighted by molar-refractivity contribution is 0.289. The summed E-state index contributed by atoms with van der Waals surface area (Å²) in [6.45, 7) is -3.65. The Kier molecular flexibility index (Phi) is 3.12. The Hall–Kier alpha value is -0.540. The van der Waals surface area contributed by atoms with Gasteiger partial charge in [-0.15, -0.1) is 0 Å². The molecule has 0 heterocycles. The number of halogens is 1. The average molecular weight is 208 g/mol. The first-order chi connectivity index (χ1) is 5.64. The summed E-state index contributed by atoms with van der Waals surface area (Å²) in [5, 5.41) is 0. The van der Waals surface area contributed by atoms with E-state index >= 15 is 0 Å². The zero-order chi connectivity index (χ0) is 9.03. The summed E-state index contributed by atoms with van der Waals surface area (Å²) in [6.07, 6.45) is 0. The maximum Gasteiger partial charge on any atom is 0.492 e. The topological polar surface area (TPSA) is 61.5 Å². The van der Waals surface area contributed by atoms with Gasteiger partial charge in [0, 0.05) is 11.2 Å². The largest absolute Gasteiger partial charge is 0.492 e. The molecule has 0 amide bonds. The van der Waals surface area contributed by atoms with Crippen LogP contribution in [0.2, 0.25) is 0 Å². The molecule has 12 heavy (non-hydrogen) atoms. The van der Waals surface area contributed by atoms with Crippen molar-refractivity contribution in [3.05, 3.63) is 30.3 Å². The lowest BCUT2D eigenvalue weighted by Crippen LogP contribution is -1.97.